The molecule has 1 saturated heterocycles. The van der Waals surface area contributed by atoms with Crippen molar-refractivity contribution in [3.05, 3.63) is 65.7 Å². The van der Waals surface area contributed by atoms with Gasteiger partial charge in [0.1, 0.15) is 11.9 Å². The third kappa shape index (κ3) is 4.59. The maximum absolute atomic E-state index is 12.8. The maximum atomic E-state index is 12.8. The summed E-state index contributed by atoms with van der Waals surface area (Å²) < 4.78 is 11.0. The van der Waals surface area contributed by atoms with E-state index in [2.05, 4.69) is 0 Å². The van der Waals surface area contributed by atoms with E-state index in [-0.39, 0.29) is 5.91 Å². The van der Waals surface area contributed by atoms with Gasteiger partial charge in [-0.1, -0.05) is 42.5 Å². The molecule has 2 aromatic rings. The Bertz CT molecular complexity index is 843. The number of ether oxygens (including phenoxy) is 2. The summed E-state index contributed by atoms with van der Waals surface area (Å²) in [5.74, 6) is -0.204. The summed E-state index contributed by atoms with van der Waals surface area (Å²) in [6.07, 6.45) is 0.178. The fourth-order valence-electron chi connectivity index (χ4n) is 3.80. The number of hydrogen-bond donors (Lipinski definition) is 1. The fourth-order valence-corrected chi connectivity index (χ4v) is 3.80. The van der Waals surface area contributed by atoms with Gasteiger partial charge in [-0.25, -0.2) is 0 Å². The van der Waals surface area contributed by atoms with Crippen molar-refractivity contribution in [2.45, 2.75) is 37.9 Å². The molecule has 1 aliphatic heterocycles. The van der Waals surface area contributed by atoms with E-state index in [0.29, 0.717) is 32.5 Å². The molecule has 6 nitrogen and oxygen atoms in total. The van der Waals surface area contributed by atoms with E-state index in [1.807, 2.05) is 54.6 Å². The molecule has 1 amide bonds. The van der Waals surface area contributed by atoms with E-state index < -0.39 is 17.5 Å². The minimum Gasteiger partial charge on any atom is -0.497 e. The van der Waals surface area contributed by atoms with Crippen LogP contribution < -0.4 is 4.74 Å². The van der Waals surface area contributed by atoms with Crippen molar-refractivity contribution in [3.63, 3.8) is 0 Å². The maximum Gasteiger partial charge on any atom is 0.314 e. The van der Waals surface area contributed by atoms with Gasteiger partial charge in [0.25, 0.3) is 5.91 Å². The van der Waals surface area contributed by atoms with Crippen LogP contribution in [0.3, 0.4) is 0 Å². The quantitative estimate of drug-likeness (QED) is 0.776. The second-order valence-electron chi connectivity index (χ2n) is 7.38. The molecular formula is C23H27NO5. The number of likely N-dealkylation sites (tertiary alicyclic amines) is 1. The molecule has 1 N–H and O–H groups in total. The first-order valence-electron chi connectivity index (χ1n) is 9.78. The number of carboxylic acids is 1. The highest BCUT2D eigenvalue weighted by molar-refractivity contribution is 5.84. The molecule has 29 heavy (non-hydrogen) atoms. The molecule has 6 heteroatoms. The zero-order valence-electron chi connectivity index (χ0n) is 16.8. The highest BCUT2D eigenvalue weighted by Gasteiger charge is 2.44. The molecule has 0 bridgehead atoms. The summed E-state index contributed by atoms with van der Waals surface area (Å²) in [5, 5.41) is 9.89. The van der Waals surface area contributed by atoms with Crippen molar-refractivity contribution >= 4 is 11.9 Å². The summed E-state index contributed by atoms with van der Waals surface area (Å²) in [7, 11) is 1.61. The summed E-state index contributed by atoms with van der Waals surface area (Å²) >= 11 is 0. The first kappa shape index (κ1) is 20.9. The van der Waals surface area contributed by atoms with Gasteiger partial charge in [-0.15, -0.1) is 0 Å². The van der Waals surface area contributed by atoms with Crippen LogP contribution in [0.4, 0.5) is 0 Å². The van der Waals surface area contributed by atoms with Crippen LogP contribution in [0, 0.1) is 0 Å². The SMILES string of the molecule is COc1cccc(COC(C)C(=O)N2CCC(C(=O)O)(c3ccccc3)CC2)c1. The van der Waals surface area contributed by atoms with E-state index in [4.69, 9.17) is 9.47 Å². The lowest BCUT2D eigenvalue weighted by Gasteiger charge is -2.40. The van der Waals surface area contributed by atoms with E-state index in [9.17, 15) is 14.7 Å². The Morgan fingerprint density at radius 2 is 1.79 bits per heavy atom. The molecule has 0 aromatic heterocycles. The van der Waals surface area contributed by atoms with E-state index >= 15 is 0 Å². The van der Waals surface area contributed by atoms with Crippen LogP contribution in [0.5, 0.6) is 5.75 Å². The van der Waals surface area contributed by atoms with Gasteiger partial charge in [-0.2, -0.15) is 0 Å². The number of aliphatic carboxylic acids is 1. The minimum atomic E-state index is -0.942. The number of methoxy groups -OCH3 is 1. The van der Waals surface area contributed by atoms with Crippen LogP contribution in [0.2, 0.25) is 0 Å². The van der Waals surface area contributed by atoms with E-state index in [1.54, 1.807) is 18.9 Å². The van der Waals surface area contributed by atoms with Crippen LogP contribution >= 0.6 is 0 Å². The van der Waals surface area contributed by atoms with Crippen molar-refractivity contribution in [1.82, 2.24) is 4.90 Å². The first-order chi connectivity index (χ1) is 14.0. The van der Waals surface area contributed by atoms with Crippen molar-refractivity contribution < 1.29 is 24.2 Å². The van der Waals surface area contributed by atoms with Gasteiger partial charge in [-0.05, 0) is 43.0 Å². The third-order valence-corrected chi connectivity index (χ3v) is 5.65. The molecule has 0 radical (unpaired) electrons. The normalized spacial score (nSPS) is 16.8. The number of carboxylic acid groups (broad SMARTS) is 1. The molecular weight excluding hydrogens is 370 g/mol. The van der Waals surface area contributed by atoms with Gasteiger partial charge in [0.15, 0.2) is 0 Å². The van der Waals surface area contributed by atoms with E-state index in [1.165, 1.54) is 0 Å². The zero-order chi connectivity index (χ0) is 20.9. The third-order valence-electron chi connectivity index (χ3n) is 5.65. The Kier molecular flexibility index (Phi) is 6.54. The molecule has 3 rings (SSSR count). The Hall–Kier alpha value is -2.86. The predicted molar refractivity (Wildman–Crippen MR) is 109 cm³/mol. The number of hydrogen-bond acceptors (Lipinski definition) is 4. The largest absolute Gasteiger partial charge is 0.497 e. The van der Waals surface area contributed by atoms with Crippen LogP contribution in [0.15, 0.2) is 54.6 Å². The molecule has 0 spiro atoms. The average molecular weight is 397 g/mol. The Balaban J connectivity index is 1.59. The fraction of sp³-hybridized carbons (Fsp3) is 0.391. The van der Waals surface area contributed by atoms with Gasteiger partial charge >= 0.3 is 5.97 Å². The lowest BCUT2D eigenvalue weighted by atomic mass is 9.73. The molecule has 1 aliphatic rings. The van der Waals surface area contributed by atoms with Crippen LogP contribution in [-0.2, 0) is 26.3 Å². The van der Waals surface area contributed by atoms with Crippen molar-refractivity contribution in [3.8, 4) is 5.75 Å². The second-order valence-corrected chi connectivity index (χ2v) is 7.38. The molecule has 0 aliphatic carbocycles. The number of rotatable bonds is 7. The molecule has 0 saturated carbocycles. The Labute approximate surface area is 171 Å². The molecule has 1 atom stereocenters. The summed E-state index contributed by atoms with van der Waals surface area (Å²) in [5.41, 5.74) is 0.779. The Morgan fingerprint density at radius 3 is 2.41 bits per heavy atom. The highest BCUT2D eigenvalue weighted by atomic mass is 16.5. The smallest absolute Gasteiger partial charge is 0.314 e. The minimum absolute atomic E-state index is 0.111. The number of carbonyl (C=O) groups excluding carboxylic acids is 1. The highest BCUT2D eigenvalue weighted by Crippen LogP contribution is 2.36. The van der Waals surface area contributed by atoms with Gasteiger partial charge in [-0.3, -0.25) is 9.59 Å². The molecule has 154 valence electrons. The predicted octanol–water partition coefficient (Wildman–Crippen LogP) is 3.25. The number of nitrogens with zero attached hydrogens (tertiary/aromatic N) is 1. The van der Waals surface area contributed by atoms with Gasteiger partial charge in [0.05, 0.1) is 19.1 Å². The topological polar surface area (TPSA) is 76.1 Å². The molecule has 2 aromatic carbocycles. The van der Waals surface area contributed by atoms with Crippen LogP contribution in [-0.4, -0.2) is 48.2 Å². The molecule has 1 fully saturated rings. The second kappa shape index (κ2) is 9.09. The molecule has 1 unspecified atom stereocenters. The number of carbonyl (C=O) groups is 2. The van der Waals surface area contributed by atoms with Gasteiger partial charge in [0, 0.05) is 13.1 Å². The zero-order valence-corrected chi connectivity index (χ0v) is 16.8. The summed E-state index contributed by atoms with van der Waals surface area (Å²) in [6.45, 7) is 2.83. The average Bonchev–Trinajstić information content (AvgIpc) is 2.77. The lowest BCUT2D eigenvalue weighted by molar-refractivity contribution is -0.152. The summed E-state index contributed by atoms with van der Waals surface area (Å²) in [4.78, 5) is 26.6. The first-order valence-corrected chi connectivity index (χ1v) is 9.78. The molecule has 1 heterocycles. The lowest BCUT2D eigenvalue weighted by Crippen LogP contribution is -2.51. The van der Waals surface area contributed by atoms with Crippen LogP contribution in [0.25, 0.3) is 0 Å². The number of amides is 1. The number of benzene rings is 2. The van der Waals surface area contributed by atoms with Gasteiger partial charge < -0.3 is 19.5 Å². The monoisotopic (exact) mass is 397 g/mol. The van der Waals surface area contributed by atoms with Crippen molar-refractivity contribution in [2.24, 2.45) is 0 Å². The van der Waals surface area contributed by atoms with Crippen molar-refractivity contribution in [2.75, 3.05) is 20.2 Å². The van der Waals surface area contributed by atoms with Crippen molar-refractivity contribution in [1.29, 1.82) is 0 Å². The number of piperidine rings is 1. The Morgan fingerprint density at radius 1 is 1.10 bits per heavy atom. The van der Waals surface area contributed by atoms with E-state index in [0.717, 1.165) is 16.9 Å². The summed E-state index contributed by atoms with van der Waals surface area (Å²) in [6, 6.07) is 16.8. The van der Waals surface area contributed by atoms with Crippen LogP contribution in [0.1, 0.15) is 30.9 Å². The van der Waals surface area contributed by atoms with Gasteiger partial charge in [0.2, 0.25) is 0 Å². The standard InChI is InChI=1S/C23H27NO5/c1-17(29-16-18-7-6-10-20(15-18)28-2)21(25)24-13-11-23(12-14-24,22(26)27)19-8-4-3-5-9-19/h3-10,15,17H,11-14,16H2,1-2H3,(H,26,27).